The van der Waals surface area contributed by atoms with Crippen molar-refractivity contribution in [2.45, 2.75) is 17.6 Å². The zero-order valence-electron chi connectivity index (χ0n) is 8.13. The smallest absolute Gasteiger partial charge is 0.0640 e. The van der Waals surface area contributed by atoms with Gasteiger partial charge in [-0.2, -0.15) is 0 Å². The van der Waals surface area contributed by atoms with Crippen molar-refractivity contribution in [3.63, 3.8) is 0 Å². The Morgan fingerprint density at radius 3 is 2.86 bits per heavy atom. The quantitative estimate of drug-likeness (QED) is 0.679. The Morgan fingerprint density at radius 1 is 1.43 bits per heavy atom. The van der Waals surface area contributed by atoms with Gasteiger partial charge in [0.05, 0.1) is 4.21 Å². The molecular weight excluding hydrogens is 232 g/mol. The predicted octanol–water partition coefficient (Wildman–Crippen LogP) is 4.84. The molecule has 0 bridgehead atoms. The molecule has 0 aliphatic rings. The Labute approximate surface area is 97.3 Å². The monoisotopic (exact) mass is 242 g/mol. The van der Waals surface area contributed by atoms with E-state index in [0.29, 0.717) is 0 Å². The van der Waals surface area contributed by atoms with Crippen LogP contribution in [0.15, 0.2) is 22.4 Å². The molecule has 0 nitrogen and oxygen atoms in total. The van der Waals surface area contributed by atoms with Crippen molar-refractivity contribution in [3.8, 4) is 0 Å². The third-order valence-electron chi connectivity index (χ3n) is 2.27. The second-order valence-electron chi connectivity index (χ2n) is 3.04. The van der Waals surface area contributed by atoms with Crippen LogP contribution in [0.25, 0.3) is 10.1 Å². The molecule has 14 heavy (non-hydrogen) atoms. The molecule has 0 atom stereocenters. The first-order valence-electron chi connectivity index (χ1n) is 4.51. The van der Waals surface area contributed by atoms with Crippen LogP contribution in [0.3, 0.4) is 0 Å². The van der Waals surface area contributed by atoms with Gasteiger partial charge < -0.3 is 0 Å². The molecule has 74 valence electrons. The first kappa shape index (κ1) is 10.3. The second-order valence-corrected chi connectivity index (χ2v) is 5.57. The first-order valence-corrected chi connectivity index (χ1v) is 6.93. The first-order chi connectivity index (χ1) is 6.77. The summed E-state index contributed by atoms with van der Waals surface area (Å²) in [4.78, 5) is 0. The summed E-state index contributed by atoms with van der Waals surface area (Å²) in [5.41, 5.74) is 1.41. The van der Waals surface area contributed by atoms with E-state index in [0.717, 1.165) is 11.4 Å². The van der Waals surface area contributed by atoms with Crippen molar-refractivity contribution in [3.05, 3.63) is 28.8 Å². The number of hydrogen-bond donors (Lipinski definition) is 0. The number of fused-ring (bicyclic) bond motifs is 1. The topological polar surface area (TPSA) is 0 Å². The van der Waals surface area contributed by atoms with Crippen molar-refractivity contribution in [1.29, 1.82) is 0 Å². The van der Waals surface area contributed by atoms with Gasteiger partial charge in [-0.1, -0.05) is 24.6 Å². The van der Waals surface area contributed by atoms with Gasteiger partial charge in [-0.05, 0) is 30.4 Å². The maximum absolute atomic E-state index is 6.21. The third-order valence-corrected chi connectivity index (χ3v) is 4.94. The number of benzene rings is 1. The summed E-state index contributed by atoms with van der Waals surface area (Å²) >= 11 is 9.86. The molecule has 3 heteroatoms. The molecule has 0 unspecified atom stereocenters. The Morgan fingerprint density at radius 2 is 2.21 bits per heavy atom. The van der Waals surface area contributed by atoms with Gasteiger partial charge in [0.15, 0.2) is 0 Å². The molecule has 0 fully saturated rings. The van der Waals surface area contributed by atoms with E-state index >= 15 is 0 Å². The SMILES string of the molecule is CCc1c(SC)sc2cccc(Cl)c12. The number of thiophene rings is 1. The lowest BCUT2D eigenvalue weighted by atomic mass is 10.1. The van der Waals surface area contributed by atoms with Gasteiger partial charge in [-0.25, -0.2) is 0 Å². The molecule has 0 radical (unpaired) electrons. The van der Waals surface area contributed by atoms with E-state index in [4.69, 9.17) is 11.6 Å². The molecule has 2 rings (SSSR count). The van der Waals surface area contributed by atoms with E-state index in [1.54, 1.807) is 0 Å². The van der Waals surface area contributed by atoms with E-state index in [-0.39, 0.29) is 0 Å². The summed E-state index contributed by atoms with van der Waals surface area (Å²) in [6.07, 6.45) is 3.18. The van der Waals surface area contributed by atoms with Crippen LogP contribution in [0.5, 0.6) is 0 Å². The molecule has 1 aromatic heterocycles. The zero-order valence-corrected chi connectivity index (χ0v) is 10.5. The summed E-state index contributed by atoms with van der Waals surface area (Å²) in [7, 11) is 0. The fraction of sp³-hybridized carbons (Fsp3) is 0.273. The molecule has 0 aliphatic heterocycles. The normalized spacial score (nSPS) is 11.1. The van der Waals surface area contributed by atoms with Crippen LogP contribution in [0.4, 0.5) is 0 Å². The Hall–Kier alpha value is -0.180. The number of hydrogen-bond acceptors (Lipinski definition) is 2. The number of aryl methyl sites for hydroxylation is 1. The van der Waals surface area contributed by atoms with Crippen LogP contribution < -0.4 is 0 Å². The maximum Gasteiger partial charge on any atom is 0.0640 e. The number of halogens is 1. The largest absolute Gasteiger partial charge is 0.128 e. The minimum absolute atomic E-state index is 0.885. The number of thioether (sulfide) groups is 1. The number of rotatable bonds is 2. The van der Waals surface area contributed by atoms with Gasteiger partial charge in [0.1, 0.15) is 0 Å². The fourth-order valence-corrected chi connectivity index (χ4v) is 4.12. The molecule has 0 spiro atoms. The van der Waals surface area contributed by atoms with Crippen LogP contribution in [0.2, 0.25) is 5.02 Å². The van der Waals surface area contributed by atoms with Crippen LogP contribution in [0, 0.1) is 0 Å². The standard InChI is InChI=1S/C11H11ClS2/c1-3-7-10-8(12)5-4-6-9(10)14-11(7)13-2/h4-6H,3H2,1-2H3. The van der Waals surface area contributed by atoms with Crippen molar-refractivity contribution in [1.82, 2.24) is 0 Å². The highest BCUT2D eigenvalue weighted by Crippen LogP contribution is 2.40. The van der Waals surface area contributed by atoms with Crippen LogP contribution >= 0.6 is 34.7 Å². The summed E-state index contributed by atoms with van der Waals surface area (Å²) < 4.78 is 2.70. The Bertz CT molecular complexity index is 460. The van der Waals surface area contributed by atoms with E-state index < -0.39 is 0 Å². The summed E-state index contributed by atoms with van der Waals surface area (Å²) in [6, 6.07) is 6.13. The lowest BCUT2D eigenvalue weighted by molar-refractivity contribution is 1.13. The molecule has 0 saturated heterocycles. The summed E-state index contributed by atoms with van der Waals surface area (Å²) in [5.74, 6) is 0. The van der Waals surface area contributed by atoms with Gasteiger partial charge >= 0.3 is 0 Å². The van der Waals surface area contributed by atoms with Gasteiger partial charge in [-0.15, -0.1) is 23.1 Å². The lowest BCUT2D eigenvalue weighted by Crippen LogP contribution is -1.79. The summed E-state index contributed by atoms with van der Waals surface area (Å²) in [6.45, 7) is 2.19. The summed E-state index contributed by atoms with van der Waals surface area (Å²) in [5, 5.41) is 2.14. The molecule has 0 amide bonds. The van der Waals surface area contributed by atoms with Crippen molar-refractivity contribution in [2.75, 3.05) is 6.26 Å². The van der Waals surface area contributed by atoms with E-state index in [2.05, 4.69) is 19.2 Å². The van der Waals surface area contributed by atoms with Gasteiger partial charge in [-0.3, -0.25) is 0 Å². The molecule has 0 N–H and O–H groups in total. The average molecular weight is 243 g/mol. The van der Waals surface area contributed by atoms with Crippen LogP contribution in [-0.2, 0) is 6.42 Å². The van der Waals surface area contributed by atoms with E-state index in [9.17, 15) is 0 Å². The molecule has 0 saturated carbocycles. The lowest BCUT2D eigenvalue weighted by Gasteiger charge is -1.98. The molecule has 1 aromatic carbocycles. The van der Waals surface area contributed by atoms with Crippen LogP contribution in [-0.4, -0.2) is 6.26 Å². The average Bonchev–Trinajstić information content (AvgIpc) is 2.56. The minimum Gasteiger partial charge on any atom is -0.128 e. The van der Waals surface area contributed by atoms with Crippen LogP contribution in [0.1, 0.15) is 12.5 Å². The molecule has 1 heterocycles. The molecular formula is C11H11ClS2. The minimum atomic E-state index is 0.885. The highest BCUT2D eigenvalue weighted by atomic mass is 35.5. The van der Waals surface area contributed by atoms with E-state index in [1.165, 1.54) is 19.9 Å². The highest BCUT2D eigenvalue weighted by Gasteiger charge is 2.11. The van der Waals surface area contributed by atoms with Gasteiger partial charge in [0, 0.05) is 15.1 Å². The van der Waals surface area contributed by atoms with Gasteiger partial charge in [0.2, 0.25) is 0 Å². The zero-order chi connectivity index (χ0) is 10.1. The second kappa shape index (κ2) is 4.13. The van der Waals surface area contributed by atoms with Crippen molar-refractivity contribution >= 4 is 44.8 Å². The predicted molar refractivity (Wildman–Crippen MR) is 68.0 cm³/mol. The third kappa shape index (κ3) is 1.56. The van der Waals surface area contributed by atoms with E-state index in [1.807, 2.05) is 35.2 Å². The molecule has 0 aliphatic carbocycles. The van der Waals surface area contributed by atoms with Crippen molar-refractivity contribution < 1.29 is 0 Å². The molecule has 2 aromatic rings. The Balaban J connectivity index is 2.81. The highest BCUT2D eigenvalue weighted by molar-refractivity contribution is 8.00. The van der Waals surface area contributed by atoms with Gasteiger partial charge in [0.25, 0.3) is 0 Å². The fourth-order valence-electron chi connectivity index (χ4n) is 1.63. The maximum atomic E-state index is 6.21. The Kier molecular flexibility index (Phi) is 3.05. The van der Waals surface area contributed by atoms with Crippen molar-refractivity contribution in [2.24, 2.45) is 0 Å².